The first-order chi connectivity index (χ1) is 12.3. The highest BCUT2D eigenvalue weighted by atomic mass is 32.1. The maximum atomic E-state index is 5.68. The van der Waals surface area contributed by atoms with Crippen LogP contribution < -0.4 is 14.2 Å². The Bertz CT molecular complexity index is 672. The average Bonchev–Trinajstić information content (AvgIpc) is 3.08. The zero-order valence-electron chi connectivity index (χ0n) is 15.3. The van der Waals surface area contributed by atoms with Crippen molar-refractivity contribution < 1.29 is 14.2 Å². The first kappa shape index (κ1) is 18.1. The summed E-state index contributed by atoms with van der Waals surface area (Å²) in [6.45, 7) is 1.96. The number of rotatable bonds is 6. The number of benzene rings is 1. The highest BCUT2D eigenvalue weighted by Gasteiger charge is 2.25. The number of ether oxygens (including phenoxy) is 3. The largest absolute Gasteiger partial charge is 0.493 e. The van der Waals surface area contributed by atoms with Crippen LogP contribution in [0.5, 0.6) is 17.2 Å². The molecule has 0 N–H and O–H groups in total. The van der Waals surface area contributed by atoms with E-state index in [9.17, 15) is 0 Å². The van der Waals surface area contributed by atoms with Gasteiger partial charge in [-0.2, -0.15) is 0 Å². The molecule has 1 aromatic carbocycles. The van der Waals surface area contributed by atoms with Crippen molar-refractivity contribution >= 4 is 11.3 Å². The summed E-state index contributed by atoms with van der Waals surface area (Å²) in [7, 11) is 5.00. The molecular weight excluding hydrogens is 334 g/mol. The van der Waals surface area contributed by atoms with Gasteiger partial charge in [-0.25, -0.2) is 0 Å². The fourth-order valence-electron chi connectivity index (χ4n) is 3.67. The summed E-state index contributed by atoms with van der Waals surface area (Å²) in [5.41, 5.74) is 1.14. The van der Waals surface area contributed by atoms with Gasteiger partial charge in [0.15, 0.2) is 11.5 Å². The van der Waals surface area contributed by atoms with Gasteiger partial charge in [0.05, 0.1) is 21.3 Å². The summed E-state index contributed by atoms with van der Waals surface area (Å²) in [6, 6.07) is 8.96. The Morgan fingerprint density at radius 1 is 1.00 bits per heavy atom. The van der Waals surface area contributed by atoms with E-state index in [1.54, 1.807) is 21.3 Å². The summed E-state index contributed by atoms with van der Waals surface area (Å²) in [5, 5.41) is 2.18. The van der Waals surface area contributed by atoms with E-state index in [2.05, 4.69) is 28.5 Å². The van der Waals surface area contributed by atoms with Gasteiger partial charge in [-0.15, -0.1) is 11.3 Å². The predicted octanol–water partition coefficient (Wildman–Crippen LogP) is 4.89. The summed E-state index contributed by atoms with van der Waals surface area (Å²) >= 11 is 1.86. The van der Waals surface area contributed by atoms with Crippen LogP contribution >= 0.6 is 11.3 Å². The van der Waals surface area contributed by atoms with Crippen molar-refractivity contribution in [2.75, 3.05) is 27.9 Å². The van der Waals surface area contributed by atoms with Crippen molar-refractivity contribution in [2.24, 2.45) is 0 Å². The maximum absolute atomic E-state index is 5.68. The Kier molecular flexibility index (Phi) is 6.21. The van der Waals surface area contributed by atoms with Gasteiger partial charge in [-0.1, -0.05) is 25.0 Å². The Labute approximate surface area is 154 Å². The first-order valence-corrected chi connectivity index (χ1v) is 9.71. The summed E-state index contributed by atoms with van der Waals surface area (Å²) in [5.74, 6) is 2.15. The molecule has 2 heterocycles. The van der Waals surface area contributed by atoms with Crippen molar-refractivity contribution in [3.63, 3.8) is 0 Å². The monoisotopic (exact) mass is 361 g/mol. The van der Waals surface area contributed by atoms with Crippen LogP contribution in [0.3, 0.4) is 0 Å². The molecular formula is C20H27NO3S. The molecule has 0 unspecified atom stereocenters. The number of nitrogens with zero attached hydrogens (tertiary/aromatic N) is 1. The highest BCUT2D eigenvalue weighted by Crippen LogP contribution is 2.42. The van der Waals surface area contributed by atoms with Crippen LogP contribution in [-0.2, 0) is 6.54 Å². The minimum atomic E-state index is 0.486. The van der Waals surface area contributed by atoms with Crippen molar-refractivity contribution in [1.82, 2.24) is 4.90 Å². The van der Waals surface area contributed by atoms with Gasteiger partial charge in [-0.3, -0.25) is 4.90 Å². The Balaban J connectivity index is 1.91. The van der Waals surface area contributed by atoms with Crippen LogP contribution in [0.2, 0.25) is 0 Å². The molecule has 4 nitrogen and oxygen atoms in total. The van der Waals surface area contributed by atoms with Crippen molar-refractivity contribution in [3.8, 4) is 17.2 Å². The third-order valence-electron chi connectivity index (χ3n) is 4.89. The first-order valence-electron chi connectivity index (χ1n) is 8.83. The van der Waals surface area contributed by atoms with Crippen LogP contribution in [0.1, 0.15) is 42.2 Å². The zero-order valence-corrected chi connectivity index (χ0v) is 16.1. The van der Waals surface area contributed by atoms with Crippen molar-refractivity contribution in [1.29, 1.82) is 0 Å². The second-order valence-corrected chi connectivity index (χ2v) is 7.32. The highest BCUT2D eigenvalue weighted by molar-refractivity contribution is 7.10. The Hall–Kier alpha value is -1.72. The van der Waals surface area contributed by atoms with Gasteiger partial charge < -0.3 is 14.2 Å². The number of hydrogen-bond acceptors (Lipinski definition) is 5. The number of thiophene rings is 1. The molecule has 0 amide bonds. The van der Waals surface area contributed by atoms with Crippen molar-refractivity contribution in [3.05, 3.63) is 40.1 Å². The number of methoxy groups -OCH3 is 3. The van der Waals surface area contributed by atoms with E-state index in [4.69, 9.17) is 14.2 Å². The van der Waals surface area contributed by atoms with Gasteiger partial charge in [0.25, 0.3) is 0 Å². The lowest BCUT2D eigenvalue weighted by Gasteiger charge is -2.30. The maximum Gasteiger partial charge on any atom is 0.203 e. The van der Waals surface area contributed by atoms with Crippen LogP contribution in [0.15, 0.2) is 29.6 Å². The fraction of sp³-hybridized carbons (Fsp3) is 0.500. The minimum Gasteiger partial charge on any atom is -0.493 e. The smallest absolute Gasteiger partial charge is 0.203 e. The van der Waals surface area contributed by atoms with E-state index >= 15 is 0 Å². The van der Waals surface area contributed by atoms with E-state index in [1.165, 1.54) is 30.6 Å². The van der Waals surface area contributed by atoms with Gasteiger partial charge >= 0.3 is 0 Å². The van der Waals surface area contributed by atoms with E-state index in [0.29, 0.717) is 17.5 Å². The average molecular weight is 362 g/mol. The molecule has 0 aliphatic carbocycles. The molecule has 2 aromatic rings. The molecule has 1 saturated heterocycles. The third-order valence-corrected chi connectivity index (χ3v) is 5.87. The minimum absolute atomic E-state index is 0.486. The molecule has 0 saturated carbocycles. The third kappa shape index (κ3) is 3.93. The Morgan fingerprint density at radius 3 is 2.52 bits per heavy atom. The molecule has 1 atom stereocenters. The van der Waals surface area contributed by atoms with Gasteiger partial charge in [0.2, 0.25) is 5.75 Å². The molecule has 0 radical (unpaired) electrons. The second kappa shape index (κ2) is 8.59. The van der Waals surface area contributed by atoms with Gasteiger partial charge in [0.1, 0.15) is 0 Å². The normalized spacial score (nSPS) is 18.6. The van der Waals surface area contributed by atoms with Crippen LogP contribution in [0.4, 0.5) is 0 Å². The molecule has 1 aliphatic heterocycles. The van der Waals surface area contributed by atoms with Gasteiger partial charge in [0, 0.05) is 23.0 Å². The molecule has 25 heavy (non-hydrogen) atoms. The molecule has 1 aliphatic rings. The SMILES string of the molecule is COc1ccc(CN2CCCCC[C@@H]2c2cccs2)c(OC)c1OC. The summed E-state index contributed by atoms with van der Waals surface area (Å²) < 4.78 is 16.6. The molecule has 5 heteroatoms. The lowest BCUT2D eigenvalue weighted by Crippen LogP contribution is -2.27. The summed E-state index contributed by atoms with van der Waals surface area (Å²) in [4.78, 5) is 4.05. The van der Waals surface area contributed by atoms with Gasteiger partial charge in [-0.05, 0) is 36.9 Å². The molecule has 3 rings (SSSR count). The molecule has 136 valence electrons. The molecule has 0 bridgehead atoms. The van der Waals surface area contributed by atoms with E-state index in [1.807, 2.05) is 17.4 Å². The predicted molar refractivity (Wildman–Crippen MR) is 102 cm³/mol. The van der Waals surface area contributed by atoms with E-state index in [-0.39, 0.29) is 0 Å². The summed E-state index contributed by atoms with van der Waals surface area (Å²) in [6.07, 6.45) is 5.07. The topological polar surface area (TPSA) is 30.9 Å². The van der Waals surface area contributed by atoms with Crippen LogP contribution in [-0.4, -0.2) is 32.8 Å². The zero-order chi connectivity index (χ0) is 17.6. The van der Waals surface area contributed by atoms with Crippen LogP contribution in [0, 0.1) is 0 Å². The van der Waals surface area contributed by atoms with Crippen LogP contribution in [0.25, 0.3) is 0 Å². The molecule has 1 aromatic heterocycles. The van der Waals surface area contributed by atoms with E-state index < -0.39 is 0 Å². The molecule has 1 fully saturated rings. The lowest BCUT2D eigenvalue weighted by atomic mass is 10.1. The second-order valence-electron chi connectivity index (χ2n) is 6.34. The van der Waals surface area contributed by atoms with E-state index in [0.717, 1.165) is 24.4 Å². The molecule has 0 spiro atoms. The number of hydrogen-bond donors (Lipinski definition) is 0. The van der Waals surface area contributed by atoms with Crippen molar-refractivity contribution in [2.45, 2.75) is 38.3 Å². The number of likely N-dealkylation sites (tertiary alicyclic amines) is 1. The lowest BCUT2D eigenvalue weighted by molar-refractivity contribution is 0.192. The standard InChI is InChI=1S/C20H27NO3S/c1-22-17-11-10-15(19(23-2)20(17)24-3)14-21-12-6-4-5-8-16(21)18-9-7-13-25-18/h7,9-11,13,16H,4-6,8,12,14H2,1-3H3/t16-/m1/s1. The quantitative estimate of drug-likeness (QED) is 0.733. The fourth-order valence-corrected chi connectivity index (χ4v) is 4.56. The Morgan fingerprint density at radius 2 is 1.84 bits per heavy atom.